The first-order valence-corrected chi connectivity index (χ1v) is 4.76. The van der Waals surface area contributed by atoms with Gasteiger partial charge in [0.2, 0.25) is 0 Å². The van der Waals surface area contributed by atoms with E-state index in [1.165, 1.54) is 22.3 Å². The summed E-state index contributed by atoms with van der Waals surface area (Å²) in [5.41, 5.74) is 5.06. The monoisotopic (exact) mass is 194 g/mol. The van der Waals surface area contributed by atoms with Crippen LogP contribution in [0.3, 0.4) is 0 Å². The average Bonchev–Trinajstić information content (AvgIpc) is 2.12. The van der Waals surface area contributed by atoms with Gasteiger partial charge in [-0.15, -0.1) is 0 Å². The van der Waals surface area contributed by atoms with Crippen molar-refractivity contribution in [1.29, 1.82) is 0 Å². The predicted molar refractivity (Wildman–Crippen MR) is 57.3 cm³/mol. The minimum absolute atomic E-state index is 0.676. The van der Waals surface area contributed by atoms with Crippen molar-refractivity contribution in [3.05, 3.63) is 34.4 Å². The summed E-state index contributed by atoms with van der Waals surface area (Å²) >= 11 is 0. The van der Waals surface area contributed by atoms with E-state index < -0.39 is 0 Å². The van der Waals surface area contributed by atoms with Gasteiger partial charge in [0.25, 0.3) is 0 Å². The predicted octanol–water partition coefficient (Wildman–Crippen LogP) is 2.60. The largest absolute Gasteiger partial charge is 0.380 e. The summed E-state index contributed by atoms with van der Waals surface area (Å²) in [6.45, 7) is 5.58. The van der Waals surface area contributed by atoms with Crippen LogP contribution in [0.5, 0.6) is 0 Å². The normalized spacial score (nSPS) is 10.6. The highest BCUT2D eigenvalue weighted by atomic mass is 16.5. The lowest BCUT2D eigenvalue weighted by Gasteiger charge is -2.11. The second-order valence-electron chi connectivity index (χ2n) is 3.57. The van der Waals surface area contributed by atoms with Crippen molar-refractivity contribution < 1.29 is 9.47 Å². The molecule has 0 saturated heterocycles. The molecule has 0 aromatic heterocycles. The van der Waals surface area contributed by atoms with Crippen molar-refractivity contribution in [2.45, 2.75) is 27.1 Å². The van der Waals surface area contributed by atoms with Gasteiger partial charge in [0.05, 0.1) is 13.2 Å². The molecule has 2 nitrogen and oxygen atoms in total. The van der Waals surface area contributed by atoms with Gasteiger partial charge in [0.15, 0.2) is 0 Å². The molecule has 0 saturated carbocycles. The molecule has 2 heteroatoms. The maximum atomic E-state index is 5.16. The van der Waals surface area contributed by atoms with Gasteiger partial charge < -0.3 is 9.47 Å². The zero-order valence-electron chi connectivity index (χ0n) is 9.39. The van der Waals surface area contributed by atoms with Crippen molar-refractivity contribution in [3.63, 3.8) is 0 Å². The molecule has 0 heterocycles. The fraction of sp³-hybridized carbons (Fsp3) is 0.500. The first kappa shape index (κ1) is 11.2. The highest BCUT2D eigenvalue weighted by molar-refractivity contribution is 5.37. The van der Waals surface area contributed by atoms with Crippen LogP contribution in [0.25, 0.3) is 0 Å². The molecule has 0 unspecified atom stereocenters. The zero-order valence-corrected chi connectivity index (χ0v) is 9.39. The van der Waals surface area contributed by atoms with Crippen LogP contribution in [0.4, 0.5) is 0 Å². The Balaban J connectivity index is 2.98. The Morgan fingerprint density at radius 3 is 1.86 bits per heavy atom. The van der Waals surface area contributed by atoms with Gasteiger partial charge in [0, 0.05) is 14.2 Å². The van der Waals surface area contributed by atoms with Crippen LogP contribution < -0.4 is 0 Å². The number of rotatable bonds is 4. The number of methoxy groups -OCH3 is 2. The van der Waals surface area contributed by atoms with E-state index in [4.69, 9.17) is 9.47 Å². The summed E-state index contributed by atoms with van der Waals surface area (Å²) < 4.78 is 10.3. The second kappa shape index (κ2) is 5.13. The summed E-state index contributed by atoms with van der Waals surface area (Å²) in [4.78, 5) is 0. The minimum atomic E-state index is 0.676. The second-order valence-corrected chi connectivity index (χ2v) is 3.57. The van der Waals surface area contributed by atoms with Crippen LogP contribution in [0.2, 0.25) is 0 Å². The Morgan fingerprint density at radius 2 is 1.43 bits per heavy atom. The third-order valence-corrected chi connectivity index (χ3v) is 2.36. The first-order chi connectivity index (χ1) is 6.69. The van der Waals surface area contributed by atoms with Crippen molar-refractivity contribution in [3.8, 4) is 0 Å². The number of hydrogen-bond donors (Lipinski definition) is 0. The van der Waals surface area contributed by atoms with Crippen LogP contribution in [-0.4, -0.2) is 14.2 Å². The van der Waals surface area contributed by atoms with E-state index in [0.29, 0.717) is 13.2 Å². The van der Waals surface area contributed by atoms with Crippen LogP contribution in [0.15, 0.2) is 12.1 Å². The van der Waals surface area contributed by atoms with Gasteiger partial charge in [-0.1, -0.05) is 12.1 Å². The molecule has 0 aliphatic rings. The molecule has 78 valence electrons. The lowest BCUT2D eigenvalue weighted by Crippen LogP contribution is -1.98. The fourth-order valence-electron chi connectivity index (χ4n) is 1.71. The Bertz CT molecular complexity index is 282. The van der Waals surface area contributed by atoms with Crippen molar-refractivity contribution in [2.75, 3.05) is 14.2 Å². The highest BCUT2D eigenvalue weighted by Crippen LogP contribution is 2.17. The van der Waals surface area contributed by atoms with E-state index in [2.05, 4.69) is 26.0 Å². The number of aryl methyl sites for hydroxylation is 2. The topological polar surface area (TPSA) is 18.5 Å². The maximum absolute atomic E-state index is 5.16. The van der Waals surface area contributed by atoms with Crippen LogP contribution >= 0.6 is 0 Å². The van der Waals surface area contributed by atoms with E-state index in [-0.39, 0.29) is 0 Å². The van der Waals surface area contributed by atoms with E-state index in [1.807, 2.05) is 0 Å². The van der Waals surface area contributed by atoms with Crippen molar-refractivity contribution in [2.24, 2.45) is 0 Å². The molecule has 0 spiro atoms. The molecule has 0 fully saturated rings. The lowest BCUT2D eigenvalue weighted by atomic mass is 10.0. The number of benzene rings is 1. The standard InChI is InChI=1S/C12H18O2/c1-9-5-11(7-13-3)6-10(2)12(9)8-14-4/h5-6H,7-8H2,1-4H3. The Kier molecular flexibility index (Phi) is 4.11. The van der Waals surface area contributed by atoms with Gasteiger partial charge in [-0.25, -0.2) is 0 Å². The summed E-state index contributed by atoms with van der Waals surface area (Å²) in [6, 6.07) is 4.32. The molecule has 0 N–H and O–H groups in total. The van der Waals surface area contributed by atoms with Gasteiger partial charge in [0.1, 0.15) is 0 Å². The maximum Gasteiger partial charge on any atom is 0.0718 e. The molecule has 0 amide bonds. The molecular formula is C12H18O2. The SMILES string of the molecule is COCc1cc(C)c(COC)c(C)c1. The fourth-order valence-corrected chi connectivity index (χ4v) is 1.71. The molecule has 0 aliphatic carbocycles. The van der Waals surface area contributed by atoms with Gasteiger partial charge in [-0.2, -0.15) is 0 Å². The van der Waals surface area contributed by atoms with Crippen LogP contribution in [-0.2, 0) is 22.7 Å². The molecule has 0 atom stereocenters. The summed E-state index contributed by atoms with van der Waals surface area (Å²) in [6.07, 6.45) is 0. The lowest BCUT2D eigenvalue weighted by molar-refractivity contribution is 0.181. The minimum Gasteiger partial charge on any atom is -0.380 e. The molecule has 0 aliphatic heterocycles. The third kappa shape index (κ3) is 2.56. The molecule has 1 rings (SSSR count). The number of hydrogen-bond acceptors (Lipinski definition) is 2. The summed E-state index contributed by atoms with van der Waals surface area (Å²) in [7, 11) is 3.44. The van der Waals surface area contributed by atoms with E-state index in [9.17, 15) is 0 Å². The van der Waals surface area contributed by atoms with Gasteiger partial charge in [-0.05, 0) is 36.1 Å². The molecule has 1 aromatic carbocycles. The molecule has 0 bridgehead atoms. The average molecular weight is 194 g/mol. The summed E-state index contributed by atoms with van der Waals surface area (Å²) in [5, 5.41) is 0. The zero-order chi connectivity index (χ0) is 10.6. The Morgan fingerprint density at radius 1 is 0.929 bits per heavy atom. The Labute approximate surface area is 85.8 Å². The van der Waals surface area contributed by atoms with Crippen molar-refractivity contribution >= 4 is 0 Å². The molecule has 0 radical (unpaired) electrons. The van der Waals surface area contributed by atoms with Crippen LogP contribution in [0.1, 0.15) is 22.3 Å². The van der Waals surface area contributed by atoms with E-state index >= 15 is 0 Å². The summed E-state index contributed by atoms with van der Waals surface area (Å²) in [5.74, 6) is 0. The first-order valence-electron chi connectivity index (χ1n) is 4.76. The Hall–Kier alpha value is -0.860. The van der Waals surface area contributed by atoms with Crippen molar-refractivity contribution in [1.82, 2.24) is 0 Å². The molecular weight excluding hydrogens is 176 g/mol. The van der Waals surface area contributed by atoms with Gasteiger partial charge >= 0.3 is 0 Å². The van der Waals surface area contributed by atoms with Gasteiger partial charge in [-0.3, -0.25) is 0 Å². The quantitative estimate of drug-likeness (QED) is 0.733. The van der Waals surface area contributed by atoms with E-state index in [0.717, 1.165) is 0 Å². The molecule has 14 heavy (non-hydrogen) atoms. The highest BCUT2D eigenvalue weighted by Gasteiger charge is 2.04. The van der Waals surface area contributed by atoms with E-state index in [1.54, 1.807) is 14.2 Å². The van der Waals surface area contributed by atoms with Crippen LogP contribution in [0, 0.1) is 13.8 Å². The third-order valence-electron chi connectivity index (χ3n) is 2.36. The smallest absolute Gasteiger partial charge is 0.0718 e. The number of ether oxygens (including phenoxy) is 2. The molecule has 1 aromatic rings.